The van der Waals surface area contributed by atoms with E-state index in [1.165, 1.54) is 0 Å². The Morgan fingerprint density at radius 1 is 1.50 bits per heavy atom. The van der Waals surface area contributed by atoms with Gasteiger partial charge in [0.15, 0.2) is 6.17 Å². The lowest BCUT2D eigenvalue weighted by Gasteiger charge is -2.05. The van der Waals surface area contributed by atoms with Crippen molar-refractivity contribution < 1.29 is 24.3 Å². The van der Waals surface area contributed by atoms with Gasteiger partial charge < -0.3 is 27.2 Å². The molecule has 1 unspecified atom stereocenters. The number of carbonyl (C=O) groups is 4. The molecule has 1 fully saturated rings. The van der Waals surface area contributed by atoms with Crippen LogP contribution in [0.25, 0.3) is 0 Å². The average molecular weight is 307 g/mol. The van der Waals surface area contributed by atoms with Crippen LogP contribution in [0.3, 0.4) is 0 Å². The second kappa shape index (κ2) is 8.98. The number of nitrogens with two attached hydrogens (primary N) is 2. The number of amides is 5. The summed E-state index contributed by atoms with van der Waals surface area (Å²) < 4.78 is 0. The van der Waals surface area contributed by atoms with Gasteiger partial charge in [-0.3, -0.25) is 14.9 Å². The van der Waals surface area contributed by atoms with Gasteiger partial charge in [0.1, 0.15) is 6.04 Å². The maximum atomic E-state index is 10.7. The Morgan fingerprint density at radius 3 is 2.45 bits per heavy atom. The standard InChI is InChI=1S/C5H11NO2S.C4H6N4O3/c1-9-3-2-4(6)5(7)8;5-3(10)6-1-2(9)8-4(11)7-1/h4H,2-3,6H2,1H3,(H,7,8);1H,(H3,5,6,10)(H2,7,8,9,11)/t4-;/m0./s1. The summed E-state index contributed by atoms with van der Waals surface area (Å²) in [5, 5.41) is 14.3. The third-order valence-corrected chi connectivity index (χ3v) is 2.66. The van der Waals surface area contributed by atoms with E-state index in [1.807, 2.05) is 16.9 Å². The molecule has 0 aromatic rings. The van der Waals surface area contributed by atoms with Gasteiger partial charge >= 0.3 is 18.0 Å². The number of thioether (sulfide) groups is 1. The van der Waals surface area contributed by atoms with Crippen molar-refractivity contribution >= 4 is 35.7 Å². The van der Waals surface area contributed by atoms with E-state index in [2.05, 4.69) is 5.32 Å². The van der Waals surface area contributed by atoms with Crippen LogP contribution in [-0.4, -0.2) is 53.3 Å². The molecular weight excluding hydrogens is 290 g/mol. The molecule has 5 amide bonds. The van der Waals surface area contributed by atoms with Gasteiger partial charge in [-0.1, -0.05) is 0 Å². The molecule has 0 aromatic heterocycles. The lowest BCUT2D eigenvalue weighted by molar-refractivity contribution is -0.138. The number of hydrogen-bond acceptors (Lipinski definition) is 6. The van der Waals surface area contributed by atoms with E-state index >= 15 is 0 Å². The van der Waals surface area contributed by atoms with E-state index in [0.29, 0.717) is 6.42 Å². The molecule has 0 aromatic carbocycles. The minimum absolute atomic E-state index is 0.552. The molecule has 1 aliphatic heterocycles. The van der Waals surface area contributed by atoms with Crippen molar-refractivity contribution in [2.45, 2.75) is 18.6 Å². The summed E-state index contributed by atoms with van der Waals surface area (Å²) in [7, 11) is 0. The molecule has 10 nitrogen and oxygen atoms in total. The topological polar surface area (TPSA) is 177 Å². The minimum Gasteiger partial charge on any atom is -0.480 e. The van der Waals surface area contributed by atoms with Crippen LogP contribution in [0, 0.1) is 0 Å². The number of rotatable bonds is 5. The monoisotopic (exact) mass is 307 g/mol. The number of imide groups is 1. The molecule has 1 saturated heterocycles. The second-order valence-corrected chi connectivity index (χ2v) is 4.62. The predicted octanol–water partition coefficient (Wildman–Crippen LogP) is -2.03. The first kappa shape index (κ1) is 18.0. The molecule has 20 heavy (non-hydrogen) atoms. The molecule has 2 atom stereocenters. The van der Waals surface area contributed by atoms with Crippen LogP contribution < -0.4 is 27.4 Å². The quantitative estimate of drug-likeness (QED) is 0.317. The van der Waals surface area contributed by atoms with Crippen LogP contribution in [0.4, 0.5) is 9.59 Å². The SMILES string of the molecule is CSCC[C@H](N)C(=O)O.NC(=O)NC1NC(=O)NC1=O. The number of aliphatic carboxylic acids is 1. The summed E-state index contributed by atoms with van der Waals surface area (Å²) in [6.45, 7) is 0. The maximum Gasteiger partial charge on any atom is 0.323 e. The number of carboxylic acids is 1. The Kier molecular flexibility index (Phi) is 8.08. The minimum atomic E-state index is -1.04. The lowest BCUT2D eigenvalue weighted by atomic mass is 10.2. The first-order chi connectivity index (χ1) is 9.27. The van der Waals surface area contributed by atoms with Crippen LogP contribution in [-0.2, 0) is 9.59 Å². The third kappa shape index (κ3) is 7.43. The second-order valence-electron chi connectivity index (χ2n) is 3.63. The fourth-order valence-corrected chi connectivity index (χ4v) is 1.52. The highest BCUT2D eigenvalue weighted by Gasteiger charge is 2.29. The van der Waals surface area contributed by atoms with Gasteiger partial charge in [0.2, 0.25) is 0 Å². The summed E-state index contributed by atoms with van der Waals surface area (Å²) in [4.78, 5) is 41.3. The van der Waals surface area contributed by atoms with Gasteiger partial charge in [-0.25, -0.2) is 9.59 Å². The number of carbonyl (C=O) groups excluding carboxylic acids is 3. The summed E-state index contributed by atoms with van der Waals surface area (Å²) in [5.41, 5.74) is 9.89. The van der Waals surface area contributed by atoms with Crippen LogP contribution in [0.5, 0.6) is 0 Å². The largest absolute Gasteiger partial charge is 0.480 e. The molecule has 0 radical (unpaired) electrons. The Morgan fingerprint density at radius 2 is 2.10 bits per heavy atom. The van der Waals surface area contributed by atoms with Gasteiger partial charge in [0, 0.05) is 0 Å². The summed E-state index contributed by atoms with van der Waals surface area (Å²) in [6, 6.07) is -2.20. The normalized spacial score (nSPS) is 18.2. The summed E-state index contributed by atoms with van der Waals surface area (Å²) in [6.07, 6.45) is 1.44. The molecule has 1 aliphatic rings. The number of carboxylic acid groups (broad SMARTS) is 1. The van der Waals surface area contributed by atoms with Crippen molar-refractivity contribution in [1.29, 1.82) is 0 Å². The van der Waals surface area contributed by atoms with E-state index in [1.54, 1.807) is 11.8 Å². The molecule has 0 spiro atoms. The number of hydrogen-bond donors (Lipinski definition) is 6. The van der Waals surface area contributed by atoms with Crippen molar-refractivity contribution in [1.82, 2.24) is 16.0 Å². The Bertz CT molecular complexity index is 391. The number of urea groups is 2. The fraction of sp³-hybridized carbons (Fsp3) is 0.556. The van der Waals surface area contributed by atoms with Gasteiger partial charge in [0.05, 0.1) is 0 Å². The number of nitrogens with one attached hydrogen (secondary N) is 3. The Balaban J connectivity index is 0.000000370. The fourth-order valence-electron chi connectivity index (χ4n) is 1.03. The Hall–Kier alpha value is -2.01. The molecule has 1 rings (SSSR count). The van der Waals surface area contributed by atoms with Crippen molar-refractivity contribution in [2.24, 2.45) is 11.5 Å². The van der Waals surface area contributed by atoms with Crippen LogP contribution in [0.15, 0.2) is 0 Å². The highest BCUT2D eigenvalue weighted by Crippen LogP contribution is 1.97. The van der Waals surface area contributed by atoms with Crippen LogP contribution in [0.1, 0.15) is 6.42 Å². The first-order valence-electron chi connectivity index (χ1n) is 5.42. The highest BCUT2D eigenvalue weighted by molar-refractivity contribution is 7.98. The average Bonchev–Trinajstić information content (AvgIpc) is 2.64. The molecule has 0 aliphatic carbocycles. The molecule has 11 heteroatoms. The van der Waals surface area contributed by atoms with Gasteiger partial charge in [-0.15, -0.1) is 0 Å². The molecular formula is C9H17N5O5S. The summed E-state index contributed by atoms with van der Waals surface area (Å²) in [5.74, 6) is -0.717. The zero-order chi connectivity index (χ0) is 15.7. The smallest absolute Gasteiger partial charge is 0.323 e. The van der Waals surface area contributed by atoms with Crippen molar-refractivity contribution in [3.05, 3.63) is 0 Å². The van der Waals surface area contributed by atoms with E-state index in [4.69, 9.17) is 16.6 Å². The van der Waals surface area contributed by atoms with E-state index < -0.39 is 36.1 Å². The van der Waals surface area contributed by atoms with Crippen molar-refractivity contribution in [3.8, 4) is 0 Å². The molecule has 0 bridgehead atoms. The lowest BCUT2D eigenvalue weighted by Crippen LogP contribution is -2.48. The van der Waals surface area contributed by atoms with Crippen molar-refractivity contribution in [3.63, 3.8) is 0 Å². The van der Waals surface area contributed by atoms with Crippen molar-refractivity contribution in [2.75, 3.05) is 12.0 Å². The van der Waals surface area contributed by atoms with Gasteiger partial charge in [-0.05, 0) is 18.4 Å². The molecule has 0 saturated carbocycles. The van der Waals surface area contributed by atoms with Crippen LogP contribution in [0.2, 0.25) is 0 Å². The van der Waals surface area contributed by atoms with Gasteiger partial charge in [0.25, 0.3) is 5.91 Å². The zero-order valence-electron chi connectivity index (χ0n) is 10.7. The highest BCUT2D eigenvalue weighted by atomic mass is 32.2. The van der Waals surface area contributed by atoms with Crippen LogP contribution >= 0.6 is 11.8 Å². The first-order valence-corrected chi connectivity index (χ1v) is 6.82. The predicted molar refractivity (Wildman–Crippen MR) is 71.8 cm³/mol. The van der Waals surface area contributed by atoms with E-state index in [9.17, 15) is 19.2 Å². The zero-order valence-corrected chi connectivity index (χ0v) is 11.5. The van der Waals surface area contributed by atoms with E-state index in [0.717, 1.165) is 5.75 Å². The number of primary amides is 1. The Labute approximate surface area is 119 Å². The molecule has 114 valence electrons. The summed E-state index contributed by atoms with van der Waals surface area (Å²) >= 11 is 1.60. The molecule has 8 N–H and O–H groups in total. The van der Waals surface area contributed by atoms with Gasteiger partial charge in [-0.2, -0.15) is 11.8 Å². The maximum absolute atomic E-state index is 10.7. The van der Waals surface area contributed by atoms with E-state index in [-0.39, 0.29) is 0 Å². The third-order valence-electron chi connectivity index (χ3n) is 2.01. The molecule has 1 heterocycles.